The SMILES string of the molecule is O=C1N(CC2CC2)c2ccc(NCc3ccccc3)cc2C12OCCCO2. The van der Waals surface area contributed by atoms with Gasteiger partial charge in [-0.1, -0.05) is 30.3 Å². The van der Waals surface area contributed by atoms with E-state index in [1.807, 2.05) is 41.3 Å². The molecule has 1 saturated carbocycles. The zero-order valence-corrected chi connectivity index (χ0v) is 15.3. The van der Waals surface area contributed by atoms with Crippen LogP contribution in [0.1, 0.15) is 30.4 Å². The standard InChI is InChI=1S/C22H24N2O3/c25-21-22(26-11-4-12-27-22)19-13-18(23-14-16-5-2-1-3-6-16)9-10-20(19)24(21)15-17-7-8-17/h1-3,5-6,9-10,13,17,23H,4,7-8,11-12,14-15H2. The van der Waals surface area contributed by atoms with E-state index in [1.54, 1.807) is 0 Å². The average molecular weight is 364 g/mol. The van der Waals surface area contributed by atoms with Gasteiger partial charge in [-0.25, -0.2) is 0 Å². The van der Waals surface area contributed by atoms with E-state index >= 15 is 0 Å². The van der Waals surface area contributed by atoms with Crippen molar-refractivity contribution in [3.8, 4) is 0 Å². The van der Waals surface area contributed by atoms with Crippen molar-refractivity contribution in [3.63, 3.8) is 0 Å². The summed E-state index contributed by atoms with van der Waals surface area (Å²) >= 11 is 0. The van der Waals surface area contributed by atoms with Gasteiger partial charge in [0.2, 0.25) is 0 Å². The predicted molar refractivity (Wildman–Crippen MR) is 103 cm³/mol. The van der Waals surface area contributed by atoms with Gasteiger partial charge in [0.15, 0.2) is 0 Å². The molecule has 1 spiro atoms. The second kappa shape index (κ2) is 6.66. The van der Waals surface area contributed by atoms with Crippen LogP contribution in [0, 0.1) is 5.92 Å². The summed E-state index contributed by atoms with van der Waals surface area (Å²) in [5.74, 6) is -0.715. The minimum atomic E-state index is -1.26. The Bertz CT molecular complexity index is 842. The van der Waals surface area contributed by atoms with Gasteiger partial charge in [0, 0.05) is 24.3 Å². The lowest BCUT2D eigenvalue weighted by Crippen LogP contribution is -2.47. The molecule has 27 heavy (non-hydrogen) atoms. The summed E-state index contributed by atoms with van der Waals surface area (Å²) < 4.78 is 11.9. The Morgan fingerprint density at radius 1 is 1.07 bits per heavy atom. The monoisotopic (exact) mass is 364 g/mol. The van der Waals surface area contributed by atoms with Crippen molar-refractivity contribution in [2.24, 2.45) is 5.92 Å². The number of fused-ring (bicyclic) bond motifs is 2. The molecule has 0 aromatic heterocycles. The number of amides is 1. The minimum absolute atomic E-state index is 0.0655. The van der Waals surface area contributed by atoms with Crippen molar-refractivity contribution in [2.45, 2.75) is 31.6 Å². The number of nitrogens with one attached hydrogen (secondary N) is 1. The fourth-order valence-corrected chi connectivity index (χ4v) is 3.90. The number of nitrogens with zero attached hydrogens (tertiary/aromatic N) is 1. The molecule has 1 saturated heterocycles. The molecule has 0 unspecified atom stereocenters. The Morgan fingerprint density at radius 3 is 2.59 bits per heavy atom. The van der Waals surface area contributed by atoms with Gasteiger partial charge in [0.1, 0.15) is 0 Å². The number of anilines is 2. The molecule has 1 amide bonds. The van der Waals surface area contributed by atoms with Crippen molar-refractivity contribution >= 4 is 17.3 Å². The molecule has 5 rings (SSSR count). The Kier molecular flexibility index (Phi) is 4.14. The smallest absolute Gasteiger partial charge is 0.292 e. The molecule has 0 radical (unpaired) electrons. The van der Waals surface area contributed by atoms with E-state index in [0.29, 0.717) is 19.1 Å². The van der Waals surface area contributed by atoms with Crippen LogP contribution in [-0.2, 0) is 26.6 Å². The third-order valence-corrected chi connectivity index (χ3v) is 5.55. The molecule has 2 aromatic rings. The molecule has 0 atom stereocenters. The molecule has 1 N–H and O–H groups in total. The number of hydrogen-bond donors (Lipinski definition) is 1. The Hall–Kier alpha value is -2.37. The van der Waals surface area contributed by atoms with Crippen LogP contribution in [-0.4, -0.2) is 25.7 Å². The lowest BCUT2D eigenvalue weighted by molar-refractivity contribution is -0.256. The number of hydrogen-bond acceptors (Lipinski definition) is 4. The summed E-state index contributed by atoms with van der Waals surface area (Å²) in [7, 11) is 0. The van der Waals surface area contributed by atoms with Crippen LogP contribution in [0.15, 0.2) is 48.5 Å². The third-order valence-electron chi connectivity index (χ3n) is 5.55. The fourth-order valence-electron chi connectivity index (χ4n) is 3.90. The van der Waals surface area contributed by atoms with Gasteiger partial charge >= 0.3 is 0 Å². The van der Waals surface area contributed by atoms with Crippen molar-refractivity contribution in [3.05, 3.63) is 59.7 Å². The second-order valence-corrected chi connectivity index (χ2v) is 7.60. The highest BCUT2D eigenvalue weighted by Crippen LogP contribution is 2.47. The number of ether oxygens (including phenoxy) is 2. The van der Waals surface area contributed by atoms with Crippen LogP contribution in [0.25, 0.3) is 0 Å². The van der Waals surface area contributed by atoms with Gasteiger partial charge in [0.25, 0.3) is 11.7 Å². The molecule has 1 aliphatic carbocycles. The molecule has 0 bridgehead atoms. The quantitative estimate of drug-likeness (QED) is 0.880. The van der Waals surface area contributed by atoms with Gasteiger partial charge in [-0.15, -0.1) is 0 Å². The van der Waals surface area contributed by atoms with Crippen LogP contribution >= 0.6 is 0 Å². The zero-order chi connectivity index (χ0) is 18.3. The molecule has 2 fully saturated rings. The molecule has 140 valence electrons. The number of benzene rings is 2. The summed E-state index contributed by atoms with van der Waals surface area (Å²) in [6, 6.07) is 16.4. The first-order valence-electron chi connectivity index (χ1n) is 9.78. The first-order chi connectivity index (χ1) is 13.3. The first-order valence-corrected chi connectivity index (χ1v) is 9.78. The van der Waals surface area contributed by atoms with E-state index in [2.05, 4.69) is 17.4 Å². The van der Waals surface area contributed by atoms with E-state index < -0.39 is 5.79 Å². The van der Waals surface area contributed by atoms with E-state index in [4.69, 9.17) is 9.47 Å². The zero-order valence-electron chi connectivity index (χ0n) is 15.3. The third kappa shape index (κ3) is 3.01. The van der Waals surface area contributed by atoms with Crippen molar-refractivity contribution in [2.75, 3.05) is 30.0 Å². The molecule has 5 nitrogen and oxygen atoms in total. The molecule has 5 heteroatoms. The lowest BCUT2D eigenvalue weighted by Gasteiger charge is -2.32. The fraction of sp³-hybridized carbons (Fsp3) is 0.409. The topological polar surface area (TPSA) is 50.8 Å². The summed E-state index contributed by atoms with van der Waals surface area (Å²) in [5.41, 5.74) is 3.95. The van der Waals surface area contributed by atoms with E-state index in [0.717, 1.165) is 36.4 Å². The Balaban J connectivity index is 1.45. The average Bonchev–Trinajstić information content (AvgIpc) is 3.52. The van der Waals surface area contributed by atoms with Crippen LogP contribution in [0.3, 0.4) is 0 Å². The van der Waals surface area contributed by atoms with Crippen LogP contribution in [0.5, 0.6) is 0 Å². The summed E-state index contributed by atoms with van der Waals surface area (Å²) in [6.07, 6.45) is 3.22. The largest absolute Gasteiger partial charge is 0.381 e. The Labute approximate surface area is 159 Å². The van der Waals surface area contributed by atoms with Gasteiger partial charge < -0.3 is 19.7 Å². The highest BCUT2D eigenvalue weighted by molar-refractivity contribution is 6.06. The molecular weight excluding hydrogens is 340 g/mol. The molecule has 2 aliphatic heterocycles. The molecule has 3 aliphatic rings. The van der Waals surface area contributed by atoms with Crippen molar-refractivity contribution < 1.29 is 14.3 Å². The van der Waals surface area contributed by atoms with Crippen molar-refractivity contribution in [1.82, 2.24) is 0 Å². The predicted octanol–water partition coefficient (Wildman–Crippen LogP) is 3.65. The van der Waals surface area contributed by atoms with E-state index in [9.17, 15) is 4.79 Å². The Morgan fingerprint density at radius 2 is 1.85 bits per heavy atom. The summed E-state index contributed by atoms with van der Waals surface area (Å²) in [4.78, 5) is 15.1. The van der Waals surface area contributed by atoms with E-state index in [-0.39, 0.29) is 5.91 Å². The number of carbonyl (C=O) groups excluding carboxylic acids is 1. The highest BCUT2D eigenvalue weighted by atomic mass is 16.7. The number of rotatable bonds is 5. The molecule has 2 aromatic carbocycles. The number of carbonyl (C=O) groups is 1. The lowest BCUT2D eigenvalue weighted by atomic mass is 10.0. The summed E-state index contributed by atoms with van der Waals surface area (Å²) in [5, 5.41) is 3.45. The van der Waals surface area contributed by atoms with Crippen LogP contribution < -0.4 is 10.2 Å². The van der Waals surface area contributed by atoms with Crippen LogP contribution in [0.2, 0.25) is 0 Å². The maximum atomic E-state index is 13.2. The molecular formula is C22H24N2O3. The van der Waals surface area contributed by atoms with E-state index in [1.165, 1.54) is 18.4 Å². The van der Waals surface area contributed by atoms with Crippen LogP contribution in [0.4, 0.5) is 11.4 Å². The maximum absolute atomic E-state index is 13.2. The maximum Gasteiger partial charge on any atom is 0.292 e. The van der Waals surface area contributed by atoms with Crippen molar-refractivity contribution in [1.29, 1.82) is 0 Å². The van der Waals surface area contributed by atoms with Gasteiger partial charge in [-0.2, -0.15) is 0 Å². The minimum Gasteiger partial charge on any atom is -0.381 e. The first kappa shape index (κ1) is 16.8. The van der Waals surface area contributed by atoms with Gasteiger partial charge in [0.05, 0.1) is 18.9 Å². The normalized spacial score (nSPS) is 20.7. The highest BCUT2D eigenvalue weighted by Gasteiger charge is 2.55. The second-order valence-electron chi connectivity index (χ2n) is 7.60. The van der Waals surface area contributed by atoms with Gasteiger partial charge in [-0.05, 0) is 48.9 Å². The molecule has 2 heterocycles. The van der Waals surface area contributed by atoms with Gasteiger partial charge in [-0.3, -0.25) is 4.79 Å². The summed E-state index contributed by atoms with van der Waals surface area (Å²) in [6.45, 7) is 2.58.